The van der Waals surface area contributed by atoms with E-state index in [4.69, 9.17) is 4.42 Å². The van der Waals surface area contributed by atoms with Crippen molar-refractivity contribution in [1.82, 2.24) is 4.98 Å². The third-order valence-corrected chi connectivity index (χ3v) is 2.60. The van der Waals surface area contributed by atoms with Gasteiger partial charge in [-0.15, -0.1) is 0 Å². The lowest BCUT2D eigenvalue weighted by atomic mass is 10.0. The predicted molar refractivity (Wildman–Crippen MR) is 62.3 cm³/mol. The van der Waals surface area contributed by atoms with Gasteiger partial charge in [-0.1, -0.05) is 42.5 Å². The molecule has 0 saturated heterocycles. The maximum absolute atomic E-state index is 11.0. The van der Waals surface area contributed by atoms with E-state index in [9.17, 15) is 4.79 Å². The first kappa shape index (κ1) is 8.97. The van der Waals surface area contributed by atoms with Crippen LogP contribution in [0.3, 0.4) is 0 Å². The van der Waals surface area contributed by atoms with Gasteiger partial charge in [0.05, 0.1) is 5.69 Å². The molecule has 2 aromatic carbocycles. The molecule has 0 amide bonds. The zero-order valence-corrected chi connectivity index (χ0v) is 8.44. The second-order valence-corrected chi connectivity index (χ2v) is 3.59. The molecule has 78 valence electrons. The molecule has 0 aliphatic heterocycles. The standard InChI is InChI=1S/C13H9NO2/c15-13-14-12(8-16-13)11-7-3-5-9-4-1-2-6-10(9)11/h1-8H,(H,14,15). The normalized spacial score (nSPS) is 10.8. The van der Waals surface area contributed by atoms with Gasteiger partial charge < -0.3 is 4.42 Å². The van der Waals surface area contributed by atoms with E-state index in [0.29, 0.717) is 5.69 Å². The minimum absolute atomic E-state index is 0.428. The number of benzene rings is 2. The topological polar surface area (TPSA) is 46.0 Å². The molecular formula is C13H9NO2. The lowest BCUT2D eigenvalue weighted by Crippen LogP contribution is -1.95. The predicted octanol–water partition coefficient (Wildman–Crippen LogP) is 2.79. The number of hydrogen-bond donors (Lipinski definition) is 1. The number of rotatable bonds is 1. The second kappa shape index (κ2) is 3.38. The Morgan fingerprint density at radius 2 is 1.81 bits per heavy atom. The van der Waals surface area contributed by atoms with Crippen LogP contribution < -0.4 is 5.76 Å². The Labute approximate surface area is 91.3 Å². The molecule has 0 spiro atoms. The molecule has 1 N–H and O–H groups in total. The summed E-state index contributed by atoms with van der Waals surface area (Å²) in [5.74, 6) is -0.428. The molecule has 1 heterocycles. The fourth-order valence-electron chi connectivity index (χ4n) is 1.87. The third kappa shape index (κ3) is 1.34. The van der Waals surface area contributed by atoms with Crippen LogP contribution in [-0.4, -0.2) is 4.98 Å². The van der Waals surface area contributed by atoms with E-state index in [1.54, 1.807) is 0 Å². The number of H-pyrrole nitrogens is 1. The minimum atomic E-state index is -0.428. The van der Waals surface area contributed by atoms with Crippen molar-refractivity contribution in [3.8, 4) is 11.3 Å². The Kier molecular flexibility index (Phi) is 1.90. The van der Waals surface area contributed by atoms with Crippen LogP contribution in [0.5, 0.6) is 0 Å². The van der Waals surface area contributed by atoms with E-state index in [1.807, 2.05) is 42.5 Å². The maximum atomic E-state index is 11.0. The van der Waals surface area contributed by atoms with Crippen molar-refractivity contribution in [3.63, 3.8) is 0 Å². The molecule has 16 heavy (non-hydrogen) atoms. The quantitative estimate of drug-likeness (QED) is 0.672. The first-order chi connectivity index (χ1) is 7.84. The fraction of sp³-hybridized carbons (Fsp3) is 0. The Morgan fingerprint density at radius 3 is 2.62 bits per heavy atom. The van der Waals surface area contributed by atoms with Gasteiger partial charge in [-0.3, -0.25) is 4.98 Å². The summed E-state index contributed by atoms with van der Waals surface area (Å²) in [7, 11) is 0. The highest BCUT2D eigenvalue weighted by molar-refractivity contribution is 5.95. The molecule has 0 bridgehead atoms. The molecule has 3 rings (SSSR count). The van der Waals surface area contributed by atoms with Crippen molar-refractivity contribution in [3.05, 3.63) is 59.3 Å². The van der Waals surface area contributed by atoms with Crippen LogP contribution in [0.15, 0.2) is 57.9 Å². The first-order valence-corrected chi connectivity index (χ1v) is 5.00. The van der Waals surface area contributed by atoms with E-state index in [0.717, 1.165) is 16.3 Å². The molecule has 1 aromatic heterocycles. The van der Waals surface area contributed by atoms with Crippen LogP contribution in [0.25, 0.3) is 22.0 Å². The Hall–Kier alpha value is -2.29. The lowest BCUT2D eigenvalue weighted by molar-refractivity contribution is 0.515. The summed E-state index contributed by atoms with van der Waals surface area (Å²) in [6.45, 7) is 0. The Bertz CT molecular complexity index is 689. The number of aromatic amines is 1. The van der Waals surface area contributed by atoms with Gasteiger partial charge in [0, 0.05) is 5.56 Å². The third-order valence-electron chi connectivity index (χ3n) is 2.60. The van der Waals surface area contributed by atoms with Gasteiger partial charge in [0.1, 0.15) is 6.26 Å². The lowest BCUT2D eigenvalue weighted by Gasteiger charge is -2.02. The van der Waals surface area contributed by atoms with E-state index >= 15 is 0 Å². The van der Waals surface area contributed by atoms with Gasteiger partial charge >= 0.3 is 5.76 Å². The van der Waals surface area contributed by atoms with Crippen LogP contribution in [0.2, 0.25) is 0 Å². The van der Waals surface area contributed by atoms with Gasteiger partial charge in [0.2, 0.25) is 0 Å². The van der Waals surface area contributed by atoms with Crippen molar-refractivity contribution in [1.29, 1.82) is 0 Å². The van der Waals surface area contributed by atoms with Crippen molar-refractivity contribution < 1.29 is 4.42 Å². The van der Waals surface area contributed by atoms with Gasteiger partial charge in [0.15, 0.2) is 0 Å². The summed E-state index contributed by atoms with van der Waals surface area (Å²) in [6, 6.07) is 14.0. The van der Waals surface area contributed by atoms with E-state index in [-0.39, 0.29) is 0 Å². The number of oxazole rings is 1. The molecule has 0 unspecified atom stereocenters. The van der Waals surface area contributed by atoms with Crippen molar-refractivity contribution in [2.75, 3.05) is 0 Å². The summed E-state index contributed by atoms with van der Waals surface area (Å²) in [6.07, 6.45) is 1.45. The highest BCUT2D eigenvalue weighted by Gasteiger charge is 2.05. The summed E-state index contributed by atoms with van der Waals surface area (Å²) in [4.78, 5) is 13.6. The molecule has 0 aliphatic carbocycles. The highest BCUT2D eigenvalue weighted by Crippen LogP contribution is 2.26. The van der Waals surface area contributed by atoms with Gasteiger partial charge in [-0.25, -0.2) is 4.79 Å². The number of aromatic nitrogens is 1. The van der Waals surface area contributed by atoms with Crippen molar-refractivity contribution in [2.24, 2.45) is 0 Å². The monoisotopic (exact) mass is 211 g/mol. The summed E-state index contributed by atoms with van der Waals surface area (Å²) >= 11 is 0. The molecule has 3 aromatic rings. The van der Waals surface area contributed by atoms with Gasteiger partial charge in [-0.2, -0.15) is 0 Å². The van der Waals surface area contributed by atoms with Crippen molar-refractivity contribution >= 4 is 10.8 Å². The van der Waals surface area contributed by atoms with Crippen molar-refractivity contribution in [2.45, 2.75) is 0 Å². The molecule has 3 heteroatoms. The first-order valence-electron chi connectivity index (χ1n) is 5.00. The molecular weight excluding hydrogens is 202 g/mol. The van der Waals surface area contributed by atoms with Crippen LogP contribution in [-0.2, 0) is 0 Å². The summed E-state index contributed by atoms with van der Waals surface area (Å²) in [5.41, 5.74) is 1.69. The number of hydrogen-bond acceptors (Lipinski definition) is 2. The molecule has 3 nitrogen and oxygen atoms in total. The fourth-order valence-corrected chi connectivity index (χ4v) is 1.87. The van der Waals surface area contributed by atoms with Crippen LogP contribution in [0.1, 0.15) is 0 Å². The van der Waals surface area contributed by atoms with Gasteiger partial charge in [0.25, 0.3) is 0 Å². The second-order valence-electron chi connectivity index (χ2n) is 3.59. The summed E-state index contributed by atoms with van der Waals surface area (Å²) < 4.78 is 4.76. The SMILES string of the molecule is O=c1[nH]c(-c2cccc3ccccc23)co1. The van der Waals surface area contributed by atoms with Crippen LogP contribution in [0, 0.1) is 0 Å². The average molecular weight is 211 g/mol. The molecule has 0 fully saturated rings. The molecule has 0 saturated carbocycles. The van der Waals surface area contributed by atoms with E-state index in [1.165, 1.54) is 6.26 Å². The zero-order chi connectivity index (χ0) is 11.0. The minimum Gasteiger partial charge on any atom is -0.416 e. The largest absolute Gasteiger partial charge is 0.416 e. The van der Waals surface area contributed by atoms with E-state index in [2.05, 4.69) is 4.98 Å². The average Bonchev–Trinajstić information content (AvgIpc) is 2.75. The molecule has 0 aliphatic rings. The Balaban J connectivity index is 2.35. The smallest absolute Gasteiger partial charge is 0.416 e. The zero-order valence-electron chi connectivity index (χ0n) is 8.44. The maximum Gasteiger partial charge on any atom is 0.416 e. The van der Waals surface area contributed by atoms with Crippen LogP contribution in [0.4, 0.5) is 0 Å². The molecule has 0 radical (unpaired) electrons. The van der Waals surface area contributed by atoms with Gasteiger partial charge in [-0.05, 0) is 10.8 Å². The van der Waals surface area contributed by atoms with Crippen LogP contribution >= 0.6 is 0 Å². The number of nitrogens with one attached hydrogen (secondary N) is 1. The number of fused-ring (bicyclic) bond motifs is 1. The molecule has 0 atom stereocenters. The summed E-state index contributed by atoms with van der Waals surface area (Å²) in [5, 5.41) is 2.24. The highest BCUT2D eigenvalue weighted by atomic mass is 16.4. The van der Waals surface area contributed by atoms with E-state index < -0.39 is 5.76 Å². The Morgan fingerprint density at radius 1 is 1.00 bits per heavy atom.